The fourth-order valence-corrected chi connectivity index (χ4v) is 7.26. The van der Waals surface area contributed by atoms with Crippen LogP contribution in [0.25, 0.3) is 0 Å². The van der Waals surface area contributed by atoms with Gasteiger partial charge in [0.1, 0.15) is 0 Å². The number of carbonyl (C=O) groups excluding carboxylic acids is 2. The predicted octanol–water partition coefficient (Wildman–Crippen LogP) is 4.54. The van der Waals surface area contributed by atoms with Crippen LogP contribution >= 0.6 is 15.9 Å². The van der Waals surface area contributed by atoms with E-state index < -0.39 is 0 Å². The first-order valence-electron chi connectivity index (χ1n) is 8.88. The first-order valence-corrected chi connectivity index (χ1v) is 9.68. The summed E-state index contributed by atoms with van der Waals surface area (Å²) in [6, 6.07) is 9.01. The summed E-state index contributed by atoms with van der Waals surface area (Å²) in [5.41, 5.74) is 0.694. The van der Waals surface area contributed by atoms with E-state index in [1.165, 1.54) is 19.3 Å². The summed E-state index contributed by atoms with van der Waals surface area (Å²) >= 11 is 3.97. The molecule has 4 fully saturated rings. The Kier molecular flexibility index (Phi) is 4.06. The first kappa shape index (κ1) is 16.3. The lowest BCUT2D eigenvalue weighted by Gasteiger charge is -2.60. The Balaban J connectivity index is 1.36. The Morgan fingerprint density at radius 3 is 2.38 bits per heavy atom. The third-order valence-corrected chi connectivity index (χ3v) is 7.02. The molecule has 1 aromatic rings. The summed E-state index contributed by atoms with van der Waals surface area (Å²) in [7, 11) is 0. The molecule has 3 nitrogen and oxygen atoms in total. The fourth-order valence-electron chi connectivity index (χ4n) is 5.75. The number of halogens is 1. The second kappa shape index (κ2) is 5.98. The van der Waals surface area contributed by atoms with Crippen molar-refractivity contribution in [3.8, 4) is 0 Å². The molecule has 0 aromatic heterocycles. The maximum atomic E-state index is 12.4. The number of ketones is 1. The van der Waals surface area contributed by atoms with Crippen molar-refractivity contribution in [3.63, 3.8) is 0 Å². The lowest BCUT2D eigenvalue weighted by Crippen LogP contribution is -2.53. The molecule has 2 atom stereocenters. The summed E-state index contributed by atoms with van der Waals surface area (Å²) in [5.74, 6) is 1.16. The van der Waals surface area contributed by atoms with Crippen LogP contribution in [0.5, 0.6) is 0 Å². The van der Waals surface area contributed by atoms with Crippen LogP contribution < -0.4 is 0 Å². The summed E-state index contributed by atoms with van der Waals surface area (Å²) in [6.45, 7) is -0.148. The fraction of sp³-hybridized carbons (Fsp3) is 0.600. The average Bonchev–Trinajstić information content (AvgIpc) is 2.50. The van der Waals surface area contributed by atoms with Crippen molar-refractivity contribution < 1.29 is 14.3 Å². The van der Waals surface area contributed by atoms with E-state index in [-0.39, 0.29) is 28.1 Å². The number of benzene rings is 1. The van der Waals surface area contributed by atoms with Crippen LogP contribution in [0.4, 0.5) is 0 Å². The second-order valence-corrected chi connectivity index (χ2v) is 9.92. The quantitative estimate of drug-likeness (QED) is 0.421. The molecule has 128 valence electrons. The van der Waals surface area contributed by atoms with Crippen molar-refractivity contribution in [2.24, 2.45) is 17.3 Å². The van der Waals surface area contributed by atoms with Crippen molar-refractivity contribution in [2.45, 2.75) is 49.3 Å². The molecule has 0 amide bonds. The Labute approximate surface area is 151 Å². The third kappa shape index (κ3) is 3.17. The van der Waals surface area contributed by atoms with Crippen molar-refractivity contribution >= 4 is 27.7 Å². The highest BCUT2D eigenvalue weighted by Gasteiger charge is 2.57. The van der Waals surface area contributed by atoms with E-state index in [2.05, 4.69) is 15.9 Å². The summed E-state index contributed by atoms with van der Waals surface area (Å²) in [4.78, 5) is 24.5. The van der Waals surface area contributed by atoms with Crippen LogP contribution in [0, 0.1) is 17.3 Å². The van der Waals surface area contributed by atoms with E-state index in [0.717, 1.165) is 31.1 Å². The zero-order valence-corrected chi connectivity index (χ0v) is 15.4. The van der Waals surface area contributed by atoms with Gasteiger partial charge < -0.3 is 4.74 Å². The highest BCUT2D eigenvalue weighted by Crippen LogP contribution is 2.65. The van der Waals surface area contributed by atoms with Crippen LogP contribution in [0.15, 0.2) is 30.3 Å². The van der Waals surface area contributed by atoms with Crippen molar-refractivity contribution in [1.82, 2.24) is 0 Å². The van der Waals surface area contributed by atoms with Gasteiger partial charge in [-0.25, -0.2) is 0 Å². The Morgan fingerprint density at radius 2 is 1.75 bits per heavy atom. The van der Waals surface area contributed by atoms with Gasteiger partial charge in [0, 0.05) is 9.89 Å². The predicted molar refractivity (Wildman–Crippen MR) is 95.1 cm³/mol. The monoisotopic (exact) mass is 390 g/mol. The lowest BCUT2D eigenvalue weighted by molar-refractivity contribution is -0.149. The van der Waals surface area contributed by atoms with Crippen LogP contribution in [0.2, 0.25) is 0 Å². The minimum atomic E-state index is -0.211. The van der Waals surface area contributed by atoms with Crippen molar-refractivity contribution in [2.75, 3.05) is 6.61 Å². The number of ether oxygens (including phenoxy) is 1. The Morgan fingerprint density at radius 1 is 1.08 bits per heavy atom. The summed E-state index contributed by atoms with van der Waals surface area (Å²) in [6.07, 6.45) is 7.69. The number of rotatable bonds is 5. The smallest absolute Gasteiger partial charge is 0.306 e. The molecule has 4 aliphatic carbocycles. The zero-order chi connectivity index (χ0) is 16.8. The van der Waals surface area contributed by atoms with E-state index in [1.807, 2.05) is 18.2 Å². The van der Waals surface area contributed by atoms with Crippen molar-refractivity contribution in [3.05, 3.63) is 35.9 Å². The molecule has 1 aromatic carbocycles. The van der Waals surface area contributed by atoms with Gasteiger partial charge in [0.2, 0.25) is 0 Å². The molecule has 2 unspecified atom stereocenters. The van der Waals surface area contributed by atoms with Gasteiger partial charge in [-0.05, 0) is 55.8 Å². The standard InChI is InChI=1S/C20H23BrO3/c21-20-9-14-6-15(10-20)8-19(7-14,13-20)11-18(23)24-12-17(22)16-4-2-1-3-5-16/h1-5,14-15H,6-13H2. The van der Waals surface area contributed by atoms with Crippen molar-refractivity contribution in [1.29, 1.82) is 0 Å². The number of carbonyl (C=O) groups is 2. The third-order valence-electron chi connectivity index (χ3n) is 6.09. The van der Waals surface area contributed by atoms with E-state index in [9.17, 15) is 9.59 Å². The number of alkyl halides is 1. The van der Waals surface area contributed by atoms with Gasteiger partial charge in [-0.1, -0.05) is 46.3 Å². The molecule has 0 radical (unpaired) electrons. The minimum absolute atomic E-state index is 0.0977. The van der Waals surface area contributed by atoms with Gasteiger partial charge in [0.15, 0.2) is 12.4 Å². The van der Waals surface area contributed by atoms with E-state index >= 15 is 0 Å². The largest absolute Gasteiger partial charge is 0.457 e. The average molecular weight is 391 g/mol. The second-order valence-electron chi connectivity index (χ2n) is 8.24. The molecule has 4 heteroatoms. The highest BCUT2D eigenvalue weighted by molar-refractivity contribution is 9.10. The summed E-state index contributed by atoms with van der Waals surface area (Å²) < 4.78 is 5.57. The molecular formula is C20H23BrO3. The van der Waals surface area contributed by atoms with Crippen LogP contribution in [-0.4, -0.2) is 22.7 Å². The summed E-state index contributed by atoms with van der Waals surface area (Å²) in [5, 5.41) is 0. The molecule has 0 aliphatic heterocycles. The van der Waals surface area contributed by atoms with Crippen LogP contribution in [0.3, 0.4) is 0 Å². The number of Topliss-reactive ketones (excluding diaryl/α,β-unsaturated/α-hetero) is 1. The van der Waals surface area contributed by atoms with E-state index in [4.69, 9.17) is 4.74 Å². The normalized spacial score (nSPS) is 36.5. The van der Waals surface area contributed by atoms with Crippen LogP contribution in [-0.2, 0) is 9.53 Å². The number of hydrogen-bond acceptors (Lipinski definition) is 3. The van der Waals surface area contributed by atoms with Gasteiger partial charge in [-0.3, -0.25) is 9.59 Å². The highest BCUT2D eigenvalue weighted by atomic mass is 79.9. The number of hydrogen-bond donors (Lipinski definition) is 0. The molecule has 0 spiro atoms. The molecule has 4 aliphatic rings. The van der Waals surface area contributed by atoms with E-state index in [1.54, 1.807) is 12.1 Å². The minimum Gasteiger partial charge on any atom is -0.457 e. The topological polar surface area (TPSA) is 43.4 Å². The molecule has 5 rings (SSSR count). The Bertz CT molecular complexity index is 640. The number of esters is 1. The van der Waals surface area contributed by atoms with Crippen LogP contribution in [0.1, 0.15) is 55.3 Å². The van der Waals surface area contributed by atoms with Gasteiger partial charge in [-0.2, -0.15) is 0 Å². The molecule has 4 saturated carbocycles. The molecule has 0 saturated heterocycles. The van der Waals surface area contributed by atoms with E-state index in [0.29, 0.717) is 12.0 Å². The molecule has 24 heavy (non-hydrogen) atoms. The molecular weight excluding hydrogens is 368 g/mol. The van der Waals surface area contributed by atoms with Gasteiger partial charge in [0.25, 0.3) is 0 Å². The molecule has 0 heterocycles. The Hall–Kier alpha value is -1.16. The SMILES string of the molecule is O=C(CC12CC3CC(CC(Br)(C3)C1)C2)OCC(=O)c1ccccc1. The van der Waals surface area contributed by atoms with Gasteiger partial charge in [-0.15, -0.1) is 0 Å². The van der Waals surface area contributed by atoms with Gasteiger partial charge in [0.05, 0.1) is 6.42 Å². The molecule has 4 bridgehead atoms. The maximum Gasteiger partial charge on any atom is 0.306 e. The zero-order valence-electron chi connectivity index (χ0n) is 13.8. The maximum absolute atomic E-state index is 12.4. The molecule has 0 N–H and O–H groups in total. The first-order chi connectivity index (χ1) is 11.5. The van der Waals surface area contributed by atoms with Gasteiger partial charge >= 0.3 is 5.97 Å². The lowest BCUT2D eigenvalue weighted by atomic mass is 9.49.